The highest BCUT2D eigenvalue weighted by Crippen LogP contribution is 2.36. The fourth-order valence-electron chi connectivity index (χ4n) is 3.27. The zero-order valence-electron chi connectivity index (χ0n) is 18.6. The van der Waals surface area contributed by atoms with Crippen LogP contribution in [0.25, 0.3) is 0 Å². The minimum absolute atomic E-state index is 0.113. The molecule has 0 N–H and O–H groups in total. The quantitative estimate of drug-likeness (QED) is 0.330. The Morgan fingerprint density at radius 1 is 0.929 bits per heavy atom. The molecule has 0 bridgehead atoms. The van der Waals surface area contributed by atoms with E-state index in [2.05, 4.69) is 0 Å². The van der Waals surface area contributed by atoms with Crippen molar-refractivity contribution in [3.63, 3.8) is 0 Å². The summed E-state index contributed by atoms with van der Waals surface area (Å²) in [5.41, 5.74) is -0.316. The Morgan fingerprint density at radius 2 is 1.50 bits per heavy atom. The number of rotatable bonds is 14. The van der Waals surface area contributed by atoms with Crippen molar-refractivity contribution in [2.24, 2.45) is 5.41 Å². The zero-order valence-corrected chi connectivity index (χ0v) is 18.6. The van der Waals surface area contributed by atoms with Crippen molar-refractivity contribution in [2.45, 2.75) is 78.9 Å². The summed E-state index contributed by atoms with van der Waals surface area (Å²) in [6.45, 7) is 15.2. The smallest absolute Gasteiger partial charge is 0.253 e. The highest BCUT2D eigenvalue weighted by atomic mass is 16.5. The summed E-state index contributed by atoms with van der Waals surface area (Å²) < 4.78 is 17.5. The maximum absolute atomic E-state index is 12.0. The summed E-state index contributed by atoms with van der Waals surface area (Å²) in [5.74, 6) is -0.457. The molecule has 1 atom stereocenters. The minimum atomic E-state index is -0.229. The summed E-state index contributed by atoms with van der Waals surface area (Å²) >= 11 is 0. The third-order valence-electron chi connectivity index (χ3n) is 5.00. The van der Waals surface area contributed by atoms with Crippen LogP contribution in [0.5, 0.6) is 0 Å². The Labute approximate surface area is 170 Å². The van der Waals surface area contributed by atoms with E-state index < -0.39 is 0 Å². The van der Waals surface area contributed by atoms with Gasteiger partial charge in [0.2, 0.25) is 0 Å². The molecule has 6 nitrogen and oxygen atoms in total. The van der Waals surface area contributed by atoms with Crippen molar-refractivity contribution in [3.8, 4) is 0 Å². The van der Waals surface area contributed by atoms with Crippen molar-refractivity contribution in [3.05, 3.63) is 12.2 Å². The van der Waals surface area contributed by atoms with Gasteiger partial charge in [0, 0.05) is 45.1 Å². The average Bonchev–Trinajstić information content (AvgIpc) is 2.90. The number of ether oxygens (including phenoxy) is 3. The summed E-state index contributed by atoms with van der Waals surface area (Å²) in [6, 6.07) is 0. The Bertz CT molecular complexity index is 506. The fraction of sp³-hybridized carbons (Fsp3) is 0.818. The molecule has 1 rings (SSSR count). The average molecular weight is 398 g/mol. The normalized spacial score (nSPS) is 17.0. The molecule has 0 saturated heterocycles. The van der Waals surface area contributed by atoms with E-state index in [1.165, 1.54) is 17.1 Å². The molecule has 0 fully saturated rings. The van der Waals surface area contributed by atoms with Crippen molar-refractivity contribution < 1.29 is 23.8 Å². The van der Waals surface area contributed by atoms with E-state index in [4.69, 9.17) is 14.2 Å². The van der Waals surface area contributed by atoms with Gasteiger partial charge in [-0.2, -0.15) is 0 Å². The monoisotopic (exact) mass is 397 g/mol. The Hall–Kier alpha value is -1.24. The van der Waals surface area contributed by atoms with Gasteiger partial charge in [0.25, 0.3) is 11.8 Å². The SMILES string of the molecule is CCOCCC(CCOC(C)C)(CCOC(C)(C)C)CCN1C(=O)C=CC1=O. The molecule has 0 aromatic heterocycles. The number of hydrogen-bond acceptors (Lipinski definition) is 5. The van der Waals surface area contributed by atoms with Gasteiger partial charge < -0.3 is 14.2 Å². The van der Waals surface area contributed by atoms with Crippen LogP contribution < -0.4 is 0 Å². The van der Waals surface area contributed by atoms with Crippen LogP contribution in [0.15, 0.2) is 12.2 Å². The predicted molar refractivity (Wildman–Crippen MR) is 110 cm³/mol. The molecule has 0 aromatic carbocycles. The highest BCUT2D eigenvalue weighted by molar-refractivity contribution is 6.12. The maximum Gasteiger partial charge on any atom is 0.253 e. The number of amides is 2. The number of nitrogens with zero attached hydrogens (tertiary/aromatic N) is 1. The molecule has 28 heavy (non-hydrogen) atoms. The number of imide groups is 1. The van der Waals surface area contributed by atoms with Crippen LogP contribution in [0.2, 0.25) is 0 Å². The van der Waals surface area contributed by atoms with Crippen LogP contribution in [-0.4, -0.2) is 61.4 Å². The summed E-state index contributed by atoms with van der Waals surface area (Å²) in [4.78, 5) is 25.2. The molecule has 0 spiro atoms. The summed E-state index contributed by atoms with van der Waals surface area (Å²) in [5, 5.41) is 0. The molecule has 2 amide bonds. The largest absolute Gasteiger partial charge is 0.382 e. The van der Waals surface area contributed by atoms with E-state index in [-0.39, 0.29) is 28.9 Å². The van der Waals surface area contributed by atoms with Gasteiger partial charge in [-0.05, 0) is 72.6 Å². The van der Waals surface area contributed by atoms with Gasteiger partial charge in [-0.1, -0.05) is 0 Å². The fourth-order valence-corrected chi connectivity index (χ4v) is 3.27. The molecular weight excluding hydrogens is 358 g/mol. The van der Waals surface area contributed by atoms with Gasteiger partial charge >= 0.3 is 0 Å². The lowest BCUT2D eigenvalue weighted by molar-refractivity contribution is -0.137. The van der Waals surface area contributed by atoms with E-state index >= 15 is 0 Å². The highest BCUT2D eigenvalue weighted by Gasteiger charge is 2.33. The van der Waals surface area contributed by atoms with Crippen LogP contribution >= 0.6 is 0 Å². The molecular formula is C22H39NO5. The van der Waals surface area contributed by atoms with E-state index in [9.17, 15) is 9.59 Å². The van der Waals surface area contributed by atoms with Crippen LogP contribution in [0, 0.1) is 5.41 Å². The predicted octanol–water partition coefficient (Wildman–Crippen LogP) is 3.73. The van der Waals surface area contributed by atoms with E-state index in [0.717, 1.165) is 19.3 Å². The maximum atomic E-state index is 12.0. The topological polar surface area (TPSA) is 65.1 Å². The van der Waals surface area contributed by atoms with E-state index in [1.807, 2.05) is 41.5 Å². The molecule has 0 aliphatic carbocycles. The molecule has 0 saturated carbocycles. The van der Waals surface area contributed by atoms with Crippen LogP contribution in [0.3, 0.4) is 0 Å². The minimum Gasteiger partial charge on any atom is -0.382 e. The van der Waals surface area contributed by atoms with Crippen molar-refractivity contribution in [1.82, 2.24) is 4.90 Å². The third kappa shape index (κ3) is 9.30. The van der Waals surface area contributed by atoms with Gasteiger partial charge in [0.05, 0.1) is 11.7 Å². The number of carbonyl (C=O) groups is 2. The first-order valence-corrected chi connectivity index (χ1v) is 10.5. The van der Waals surface area contributed by atoms with Gasteiger partial charge in [-0.3, -0.25) is 14.5 Å². The van der Waals surface area contributed by atoms with Gasteiger partial charge in [0.15, 0.2) is 0 Å². The van der Waals surface area contributed by atoms with Crippen LogP contribution in [0.1, 0.15) is 67.2 Å². The van der Waals surface area contributed by atoms with Crippen LogP contribution in [-0.2, 0) is 23.8 Å². The van der Waals surface area contributed by atoms with Crippen molar-refractivity contribution in [1.29, 1.82) is 0 Å². The van der Waals surface area contributed by atoms with Gasteiger partial charge in [0.1, 0.15) is 0 Å². The molecule has 0 radical (unpaired) electrons. The van der Waals surface area contributed by atoms with Gasteiger partial charge in [-0.25, -0.2) is 0 Å². The lowest BCUT2D eigenvalue weighted by atomic mass is 9.75. The second-order valence-electron chi connectivity index (χ2n) is 8.74. The summed E-state index contributed by atoms with van der Waals surface area (Å²) in [6.07, 6.45) is 6.09. The standard InChI is InChI=1S/C22H39NO5/c1-7-26-15-11-22(12-16-27-18(2)3,13-17-28-21(4,5)6)10-14-23-19(24)8-9-20(23)25/h8-9,18H,7,10-17H2,1-6H3. The molecule has 6 heteroatoms. The van der Waals surface area contributed by atoms with Crippen molar-refractivity contribution >= 4 is 11.8 Å². The molecule has 1 aliphatic heterocycles. The summed E-state index contributed by atoms with van der Waals surface area (Å²) in [7, 11) is 0. The molecule has 1 aliphatic rings. The molecule has 162 valence electrons. The van der Waals surface area contributed by atoms with Crippen LogP contribution in [0.4, 0.5) is 0 Å². The Kier molecular flexibility index (Phi) is 10.4. The lowest BCUT2D eigenvalue weighted by Crippen LogP contribution is -2.37. The van der Waals surface area contributed by atoms with Gasteiger partial charge in [-0.15, -0.1) is 0 Å². The molecule has 1 heterocycles. The lowest BCUT2D eigenvalue weighted by Gasteiger charge is -2.36. The number of hydrogen-bond donors (Lipinski definition) is 0. The first kappa shape index (κ1) is 24.8. The molecule has 0 aromatic rings. The third-order valence-corrected chi connectivity index (χ3v) is 5.00. The first-order chi connectivity index (χ1) is 13.1. The Balaban J connectivity index is 2.84. The second-order valence-corrected chi connectivity index (χ2v) is 8.74. The zero-order chi connectivity index (χ0) is 21.2. The first-order valence-electron chi connectivity index (χ1n) is 10.5. The molecule has 1 unspecified atom stereocenters. The van der Waals surface area contributed by atoms with E-state index in [0.29, 0.717) is 39.4 Å². The van der Waals surface area contributed by atoms with E-state index in [1.54, 1.807) is 0 Å². The van der Waals surface area contributed by atoms with Crippen molar-refractivity contribution in [2.75, 3.05) is 33.0 Å². The Morgan fingerprint density at radius 3 is 2.04 bits per heavy atom. The number of carbonyl (C=O) groups excluding carboxylic acids is 2. The second kappa shape index (κ2) is 11.7.